The second kappa shape index (κ2) is 9.09. The van der Waals surface area contributed by atoms with E-state index in [-0.39, 0.29) is 14.9 Å². The standard InChI is InChI=1S/C20H14F3N3O4S2/c1-11(17(27)24-15-8-3-2-7-14(15)20(21,22)23)25-18(28)16(32-19(25)31)10-12-5-4-6-13(9-12)26(29)30/h2-11H,1H3,(H,24,27)/b16-10-. The Morgan fingerprint density at radius 3 is 2.59 bits per heavy atom. The van der Waals surface area contributed by atoms with Crippen molar-refractivity contribution in [2.45, 2.75) is 19.1 Å². The lowest BCUT2D eigenvalue weighted by Gasteiger charge is -2.23. The number of thioether (sulfide) groups is 1. The zero-order valence-electron chi connectivity index (χ0n) is 16.3. The fourth-order valence-electron chi connectivity index (χ4n) is 2.89. The Labute approximate surface area is 189 Å². The third-order valence-electron chi connectivity index (χ3n) is 4.46. The van der Waals surface area contributed by atoms with Crippen molar-refractivity contribution in [1.29, 1.82) is 0 Å². The highest BCUT2D eigenvalue weighted by Crippen LogP contribution is 2.36. The van der Waals surface area contributed by atoms with Gasteiger partial charge in [0, 0.05) is 12.1 Å². The summed E-state index contributed by atoms with van der Waals surface area (Å²) in [5, 5.41) is 13.1. The van der Waals surface area contributed by atoms with E-state index in [1.807, 2.05) is 0 Å². The number of nitro groups is 1. The fourth-order valence-corrected chi connectivity index (χ4v) is 4.31. The summed E-state index contributed by atoms with van der Waals surface area (Å²) >= 11 is 6.07. The lowest BCUT2D eigenvalue weighted by atomic mass is 10.1. The maximum Gasteiger partial charge on any atom is 0.418 e. The van der Waals surface area contributed by atoms with Gasteiger partial charge >= 0.3 is 6.18 Å². The first kappa shape index (κ1) is 23.4. The van der Waals surface area contributed by atoms with E-state index in [9.17, 15) is 32.9 Å². The molecule has 0 radical (unpaired) electrons. The lowest BCUT2D eigenvalue weighted by Crippen LogP contribution is -2.44. The number of nitrogens with one attached hydrogen (secondary N) is 1. The highest BCUT2D eigenvalue weighted by molar-refractivity contribution is 8.26. The number of carbonyl (C=O) groups is 2. The zero-order valence-corrected chi connectivity index (χ0v) is 17.9. The zero-order chi connectivity index (χ0) is 23.6. The first-order chi connectivity index (χ1) is 15.0. The summed E-state index contributed by atoms with van der Waals surface area (Å²) in [6, 6.07) is 8.88. The van der Waals surface area contributed by atoms with E-state index in [0.29, 0.717) is 5.56 Å². The molecule has 0 aromatic heterocycles. The van der Waals surface area contributed by atoms with Crippen molar-refractivity contribution < 1.29 is 27.7 Å². The molecule has 32 heavy (non-hydrogen) atoms. The number of nitro benzene ring substituents is 1. The number of hydrogen-bond acceptors (Lipinski definition) is 6. The largest absolute Gasteiger partial charge is 0.418 e. The Hall–Kier alpha value is -3.25. The van der Waals surface area contributed by atoms with Gasteiger partial charge < -0.3 is 5.32 Å². The summed E-state index contributed by atoms with van der Waals surface area (Å²) in [7, 11) is 0. The number of benzene rings is 2. The van der Waals surface area contributed by atoms with Crippen LogP contribution in [0.15, 0.2) is 53.4 Å². The predicted octanol–water partition coefficient (Wildman–Crippen LogP) is 4.84. The van der Waals surface area contributed by atoms with Gasteiger partial charge in [0.15, 0.2) is 0 Å². The topological polar surface area (TPSA) is 92.6 Å². The number of hydrogen-bond donors (Lipinski definition) is 1. The molecule has 0 bridgehead atoms. The Morgan fingerprint density at radius 2 is 1.94 bits per heavy atom. The minimum absolute atomic E-state index is 0.0402. The Kier molecular flexibility index (Phi) is 6.65. The smallest absolute Gasteiger partial charge is 0.324 e. The van der Waals surface area contributed by atoms with Crippen molar-refractivity contribution >= 4 is 57.6 Å². The van der Waals surface area contributed by atoms with Crippen LogP contribution in [0, 0.1) is 10.1 Å². The summed E-state index contributed by atoms with van der Waals surface area (Å²) in [5.74, 6) is -1.48. The monoisotopic (exact) mass is 481 g/mol. The summed E-state index contributed by atoms with van der Waals surface area (Å²) < 4.78 is 39.6. The molecule has 1 aliphatic rings. The second-order valence-corrected chi connectivity index (χ2v) is 8.29. The predicted molar refractivity (Wildman–Crippen MR) is 118 cm³/mol. The Balaban J connectivity index is 1.81. The van der Waals surface area contributed by atoms with Crippen molar-refractivity contribution in [3.05, 3.63) is 74.7 Å². The van der Waals surface area contributed by atoms with Crippen LogP contribution in [0.5, 0.6) is 0 Å². The average molecular weight is 481 g/mol. The highest BCUT2D eigenvalue weighted by Gasteiger charge is 2.39. The van der Waals surface area contributed by atoms with Gasteiger partial charge in [0.25, 0.3) is 11.6 Å². The van der Waals surface area contributed by atoms with Gasteiger partial charge in [-0.25, -0.2) is 0 Å². The number of rotatable bonds is 5. The summed E-state index contributed by atoms with van der Waals surface area (Å²) in [5.41, 5.74) is -1.23. The first-order valence-corrected chi connectivity index (χ1v) is 10.2. The number of thiocarbonyl (C=S) groups is 1. The SMILES string of the molecule is CC(C(=O)Nc1ccccc1C(F)(F)F)N1C(=O)/C(=C/c2cccc([N+](=O)[O-])c2)SC1=S. The molecule has 0 spiro atoms. The normalized spacial score (nSPS) is 16.4. The van der Waals surface area contributed by atoms with Gasteiger partial charge in [-0.15, -0.1) is 0 Å². The van der Waals surface area contributed by atoms with E-state index >= 15 is 0 Å². The van der Waals surface area contributed by atoms with E-state index in [4.69, 9.17) is 12.2 Å². The molecule has 3 rings (SSSR count). The van der Waals surface area contributed by atoms with Crippen LogP contribution in [-0.2, 0) is 15.8 Å². The summed E-state index contributed by atoms with van der Waals surface area (Å²) in [4.78, 5) is 36.9. The highest BCUT2D eigenvalue weighted by atomic mass is 32.2. The third kappa shape index (κ3) is 4.97. The molecule has 2 amide bonds. The molecule has 1 heterocycles. The molecule has 1 atom stereocenters. The van der Waals surface area contributed by atoms with Crippen LogP contribution in [-0.4, -0.2) is 32.0 Å². The third-order valence-corrected chi connectivity index (χ3v) is 5.79. The minimum atomic E-state index is -4.67. The Bertz CT molecular complexity index is 1150. The number of anilines is 1. The molecule has 7 nitrogen and oxygen atoms in total. The number of halogens is 3. The van der Waals surface area contributed by atoms with Gasteiger partial charge in [-0.05, 0) is 30.7 Å². The van der Waals surface area contributed by atoms with Gasteiger partial charge in [0.05, 0.1) is 21.1 Å². The number of non-ortho nitro benzene ring substituents is 1. The molecule has 166 valence electrons. The molecule has 12 heteroatoms. The van der Waals surface area contributed by atoms with E-state index in [1.54, 1.807) is 6.07 Å². The molecule has 2 aromatic carbocycles. The second-order valence-electron chi connectivity index (χ2n) is 6.61. The molecular weight excluding hydrogens is 467 g/mol. The van der Waals surface area contributed by atoms with Gasteiger partial charge in [-0.2, -0.15) is 13.2 Å². The van der Waals surface area contributed by atoms with Crippen molar-refractivity contribution in [2.75, 3.05) is 5.32 Å². The molecule has 1 fully saturated rings. The maximum atomic E-state index is 13.2. The number of nitrogens with zero attached hydrogens (tertiary/aromatic N) is 2. The molecule has 1 unspecified atom stereocenters. The van der Waals surface area contributed by atoms with Crippen LogP contribution >= 0.6 is 24.0 Å². The van der Waals surface area contributed by atoms with Crippen LogP contribution in [0.1, 0.15) is 18.1 Å². The van der Waals surface area contributed by atoms with Gasteiger partial charge in [-0.1, -0.05) is 48.2 Å². The molecule has 2 aromatic rings. The number of carbonyl (C=O) groups excluding carboxylic acids is 2. The number of amides is 2. The molecule has 1 saturated heterocycles. The summed E-state index contributed by atoms with van der Waals surface area (Å²) in [6.45, 7) is 1.34. The van der Waals surface area contributed by atoms with Crippen LogP contribution in [0.2, 0.25) is 0 Å². The molecule has 0 saturated carbocycles. The van der Waals surface area contributed by atoms with Crippen LogP contribution in [0.4, 0.5) is 24.5 Å². The molecule has 1 N–H and O–H groups in total. The quantitative estimate of drug-likeness (QED) is 0.284. The van der Waals surface area contributed by atoms with E-state index < -0.39 is 40.2 Å². The Morgan fingerprint density at radius 1 is 1.25 bits per heavy atom. The summed E-state index contributed by atoms with van der Waals surface area (Å²) in [6.07, 6.45) is -3.27. The van der Waals surface area contributed by atoms with Gasteiger partial charge in [0.2, 0.25) is 5.91 Å². The van der Waals surface area contributed by atoms with Gasteiger partial charge in [0.1, 0.15) is 10.4 Å². The average Bonchev–Trinajstić information content (AvgIpc) is 3.00. The lowest BCUT2D eigenvalue weighted by molar-refractivity contribution is -0.384. The number of alkyl halides is 3. The van der Waals surface area contributed by atoms with Crippen molar-refractivity contribution in [2.24, 2.45) is 0 Å². The minimum Gasteiger partial charge on any atom is -0.324 e. The van der Waals surface area contributed by atoms with Crippen LogP contribution < -0.4 is 5.32 Å². The molecule has 1 aliphatic heterocycles. The molecule has 0 aliphatic carbocycles. The van der Waals surface area contributed by atoms with E-state index in [2.05, 4.69) is 5.32 Å². The molecular formula is C20H14F3N3O4S2. The fraction of sp³-hybridized carbons (Fsp3) is 0.150. The van der Waals surface area contributed by atoms with Crippen molar-refractivity contribution in [1.82, 2.24) is 4.90 Å². The number of para-hydroxylation sites is 1. The van der Waals surface area contributed by atoms with Crippen LogP contribution in [0.3, 0.4) is 0 Å². The van der Waals surface area contributed by atoms with E-state index in [0.717, 1.165) is 28.8 Å². The first-order valence-electron chi connectivity index (χ1n) is 8.97. The van der Waals surface area contributed by atoms with Gasteiger partial charge in [-0.3, -0.25) is 24.6 Å². The van der Waals surface area contributed by atoms with Crippen LogP contribution in [0.25, 0.3) is 6.08 Å². The van der Waals surface area contributed by atoms with E-state index in [1.165, 1.54) is 43.3 Å². The maximum absolute atomic E-state index is 13.2. The van der Waals surface area contributed by atoms with Crippen molar-refractivity contribution in [3.8, 4) is 0 Å². The van der Waals surface area contributed by atoms with Crippen molar-refractivity contribution in [3.63, 3.8) is 0 Å².